The van der Waals surface area contributed by atoms with Crippen molar-refractivity contribution < 1.29 is 8.78 Å². The van der Waals surface area contributed by atoms with E-state index in [2.05, 4.69) is 23.7 Å². The molecule has 2 aromatic rings. The molecule has 116 valence electrons. The molecule has 0 amide bonds. The zero-order valence-electron chi connectivity index (χ0n) is 12.4. The minimum Gasteiger partial charge on any atom is -0.326 e. The van der Waals surface area contributed by atoms with E-state index in [0.717, 1.165) is 32.1 Å². The summed E-state index contributed by atoms with van der Waals surface area (Å²) in [7, 11) is 0. The Morgan fingerprint density at radius 2 is 2.00 bits per heavy atom. The first-order valence-electron chi connectivity index (χ1n) is 7.23. The molecule has 0 N–H and O–H groups in total. The van der Waals surface area contributed by atoms with Crippen LogP contribution < -0.4 is 0 Å². The number of hydrogen-bond donors (Lipinski definition) is 0. The van der Waals surface area contributed by atoms with E-state index in [1.165, 1.54) is 6.07 Å². The third kappa shape index (κ3) is 3.52. The van der Waals surface area contributed by atoms with Crippen molar-refractivity contribution in [1.82, 2.24) is 14.5 Å². The van der Waals surface area contributed by atoms with Crippen LogP contribution in [0.5, 0.6) is 0 Å². The number of nitrogens with zero attached hydrogens (tertiary/aromatic N) is 3. The molecule has 0 aliphatic carbocycles. The number of fused-ring (bicyclic) bond motifs is 1. The van der Waals surface area contributed by atoms with Crippen LogP contribution in [0.1, 0.15) is 26.1 Å². The molecule has 0 unspecified atom stereocenters. The van der Waals surface area contributed by atoms with Gasteiger partial charge in [0.2, 0.25) is 0 Å². The number of imidazole rings is 1. The predicted octanol–water partition coefficient (Wildman–Crippen LogP) is 3.79. The SMILES string of the molecule is CCCN(CC)CCn1c(CCl)nc2c(F)cc(F)cc21. The predicted molar refractivity (Wildman–Crippen MR) is 81.6 cm³/mol. The summed E-state index contributed by atoms with van der Waals surface area (Å²) in [4.78, 5) is 6.48. The maximum Gasteiger partial charge on any atom is 0.153 e. The summed E-state index contributed by atoms with van der Waals surface area (Å²) in [5.74, 6) is -0.488. The Bertz CT molecular complexity index is 612. The number of likely N-dealkylation sites (N-methyl/N-ethyl adjacent to an activating group) is 1. The molecule has 0 saturated heterocycles. The van der Waals surface area contributed by atoms with E-state index in [4.69, 9.17) is 11.6 Å². The lowest BCUT2D eigenvalue weighted by atomic mass is 10.3. The van der Waals surface area contributed by atoms with E-state index in [-0.39, 0.29) is 11.4 Å². The second kappa shape index (κ2) is 7.18. The van der Waals surface area contributed by atoms with Crippen LogP contribution in [0.15, 0.2) is 12.1 Å². The average molecular weight is 316 g/mol. The Labute approximate surface area is 128 Å². The van der Waals surface area contributed by atoms with Gasteiger partial charge in [-0.25, -0.2) is 13.8 Å². The summed E-state index contributed by atoms with van der Waals surface area (Å²) in [5, 5.41) is 0. The number of benzene rings is 1. The van der Waals surface area contributed by atoms with Crippen molar-refractivity contribution in [2.45, 2.75) is 32.7 Å². The summed E-state index contributed by atoms with van der Waals surface area (Å²) in [6.45, 7) is 7.60. The molecule has 0 atom stereocenters. The average Bonchev–Trinajstić information content (AvgIpc) is 2.81. The largest absolute Gasteiger partial charge is 0.326 e. The van der Waals surface area contributed by atoms with E-state index >= 15 is 0 Å². The van der Waals surface area contributed by atoms with Gasteiger partial charge in [-0.1, -0.05) is 13.8 Å². The Morgan fingerprint density at radius 1 is 1.24 bits per heavy atom. The van der Waals surface area contributed by atoms with Crippen molar-refractivity contribution in [2.75, 3.05) is 19.6 Å². The van der Waals surface area contributed by atoms with Gasteiger partial charge in [0.15, 0.2) is 5.82 Å². The van der Waals surface area contributed by atoms with Gasteiger partial charge in [0, 0.05) is 19.2 Å². The summed E-state index contributed by atoms with van der Waals surface area (Å²) >= 11 is 5.89. The highest BCUT2D eigenvalue weighted by atomic mass is 35.5. The van der Waals surface area contributed by atoms with Crippen LogP contribution in [0.3, 0.4) is 0 Å². The van der Waals surface area contributed by atoms with Crippen LogP contribution in [0.4, 0.5) is 8.78 Å². The lowest BCUT2D eigenvalue weighted by molar-refractivity contribution is 0.277. The van der Waals surface area contributed by atoms with Crippen molar-refractivity contribution in [3.8, 4) is 0 Å². The fourth-order valence-corrected chi connectivity index (χ4v) is 2.74. The number of aromatic nitrogens is 2. The number of halogens is 3. The van der Waals surface area contributed by atoms with Gasteiger partial charge in [0.05, 0.1) is 11.4 Å². The fourth-order valence-electron chi connectivity index (χ4n) is 2.53. The maximum atomic E-state index is 13.8. The zero-order valence-corrected chi connectivity index (χ0v) is 13.1. The van der Waals surface area contributed by atoms with Crippen molar-refractivity contribution in [3.63, 3.8) is 0 Å². The lowest BCUT2D eigenvalue weighted by Crippen LogP contribution is -2.28. The molecule has 1 aromatic heterocycles. The molecule has 0 saturated carbocycles. The van der Waals surface area contributed by atoms with Crippen LogP contribution in [-0.2, 0) is 12.4 Å². The Morgan fingerprint density at radius 3 is 2.62 bits per heavy atom. The quantitative estimate of drug-likeness (QED) is 0.725. The smallest absolute Gasteiger partial charge is 0.153 e. The topological polar surface area (TPSA) is 21.1 Å². The Balaban J connectivity index is 2.33. The fraction of sp³-hybridized carbons (Fsp3) is 0.533. The van der Waals surface area contributed by atoms with Crippen LogP contribution in [-0.4, -0.2) is 34.1 Å². The monoisotopic (exact) mass is 315 g/mol. The molecule has 1 aromatic carbocycles. The number of alkyl halides is 1. The molecule has 0 aliphatic rings. The van der Waals surface area contributed by atoms with E-state index in [0.29, 0.717) is 17.9 Å². The molecule has 0 aliphatic heterocycles. The van der Waals surface area contributed by atoms with Gasteiger partial charge in [0.25, 0.3) is 0 Å². The zero-order chi connectivity index (χ0) is 15.4. The van der Waals surface area contributed by atoms with E-state index in [9.17, 15) is 8.78 Å². The minimum absolute atomic E-state index is 0.176. The van der Waals surface area contributed by atoms with Gasteiger partial charge in [-0.2, -0.15) is 0 Å². The van der Waals surface area contributed by atoms with Crippen molar-refractivity contribution in [2.24, 2.45) is 0 Å². The van der Waals surface area contributed by atoms with Gasteiger partial charge < -0.3 is 9.47 Å². The first kappa shape index (κ1) is 16.2. The highest BCUT2D eigenvalue weighted by molar-refractivity contribution is 6.16. The number of rotatable bonds is 7. The molecule has 1 heterocycles. The third-order valence-electron chi connectivity index (χ3n) is 3.60. The second-order valence-electron chi connectivity index (χ2n) is 5.00. The van der Waals surface area contributed by atoms with Crippen LogP contribution in [0, 0.1) is 11.6 Å². The molecule has 0 spiro atoms. The standard InChI is InChI=1S/C15H20ClF2N3/c1-3-5-20(4-2)6-7-21-13-9-11(17)8-12(18)15(13)19-14(21)10-16/h8-9H,3-7,10H2,1-2H3. The van der Waals surface area contributed by atoms with Crippen LogP contribution in [0.25, 0.3) is 11.0 Å². The van der Waals surface area contributed by atoms with Crippen LogP contribution >= 0.6 is 11.6 Å². The molecule has 0 radical (unpaired) electrons. The molecule has 2 rings (SSSR count). The summed E-state index contributed by atoms with van der Waals surface area (Å²) in [6.07, 6.45) is 1.07. The molecular weight excluding hydrogens is 296 g/mol. The maximum absolute atomic E-state index is 13.8. The molecule has 3 nitrogen and oxygen atoms in total. The van der Waals surface area contributed by atoms with E-state index in [1.807, 2.05) is 4.57 Å². The summed E-state index contributed by atoms with van der Waals surface area (Å²) in [6, 6.07) is 2.17. The lowest BCUT2D eigenvalue weighted by Gasteiger charge is -2.20. The van der Waals surface area contributed by atoms with Crippen molar-refractivity contribution in [3.05, 3.63) is 29.6 Å². The Hall–Kier alpha value is -1.20. The molecule has 6 heteroatoms. The minimum atomic E-state index is -0.643. The first-order valence-corrected chi connectivity index (χ1v) is 7.76. The normalized spacial score (nSPS) is 11.7. The van der Waals surface area contributed by atoms with Crippen molar-refractivity contribution in [1.29, 1.82) is 0 Å². The van der Waals surface area contributed by atoms with Gasteiger partial charge >= 0.3 is 0 Å². The Kier molecular flexibility index (Phi) is 5.53. The summed E-state index contributed by atoms with van der Waals surface area (Å²) < 4.78 is 29.1. The molecular formula is C15H20ClF2N3. The van der Waals surface area contributed by atoms with Crippen LogP contribution in [0.2, 0.25) is 0 Å². The van der Waals surface area contributed by atoms with Gasteiger partial charge in [0.1, 0.15) is 17.2 Å². The van der Waals surface area contributed by atoms with Gasteiger partial charge in [-0.05, 0) is 25.6 Å². The van der Waals surface area contributed by atoms with E-state index < -0.39 is 11.6 Å². The van der Waals surface area contributed by atoms with Gasteiger partial charge in [-0.3, -0.25) is 0 Å². The van der Waals surface area contributed by atoms with Gasteiger partial charge in [-0.15, -0.1) is 11.6 Å². The first-order chi connectivity index (χ1) is 10.1. The molecule has 21 heavy (non-hydrogen) atoms. The highest BCUT2D eigenvalue weighted by Crippen LogP contribution is 2.22. The highest BCUT2D eigenvalue weighted by Gasteiger charge is 2.15. The van der Waals surface area contributed by atoms with E-state index in [1.54, 1.807) is 0 Å². The second-order valence-corrected chi connectivity index (χ2v) is 5.27. The molecule has 0 fully saturated rings. The number of hydrogen-bond acceptors (Lipinski definition) is 2. The van der Waals surface area contributed by atoms with Crippen molar-refractivity contribution >= 4 is 22.6 Å². The molecule has 0 bridgehead atoms. The third-order valence-corrected chi connectivity index (χ3v) is 3.84. The summed E-state index contributed by atoms with van der Waals surface area (Å²) in [5.41, 5.74) is 0.654.